The number of thioether (sulfide) groups is 1. The molecule has 0 spiro atoms. The molecule has 1 aromatic heterocycles. The molecule has 0 unspecified atom stereocenters. The lowest BCUT2D eigenvalue weighted by Gasteiger charge is -2.24. The predicted molar refractivity (Wildman–Crippen MR) is 82.0 cm³/mol. The molecule has 1 N–H and O–H groups in total. The Balaban J connectivity index is 2.42. The van der Waals surface area contributed by atoms with Gasteiger partial charge in [0.25, 0.3) is 15.9 Å². The Kier molecular flexibility index (Phi) is 5.28. The number of carbonyl (C=O) groups excluding carboxylic acids is 1. The number of aromatic nitrogens is 2. The largest absolute Gasteiger partial charge is 0.355 e. The first-order valence-electron chi connectivity index (χ1n) is 6.88. The van der Waals surface area contributed by atoms with Gasteiger partial charge in [0.05, 0.1) is 5.56 Å². The number of hydrogen-bond donors (Lipinski definition) is 1. The Bertz CT molecular complexity index is 606. The van der Waals surface area contributed by atoms with Crippen LogP contribution in [0.4, 0.5) is 0 Å². The number of amides is 1. The number of nitrogens with zero attached hydrogens (tertiary/aromatic N) is 3. The summed E-state index contributed by atoms with van der Waals surface area (Å²) in [6, 6.07) is 0. The summed E-state index contributed by atoms with van der Waals surface area (Å²) in [7, 11) is -2.24. The summed E-state index contributed by atoms with van der Waals surface area (Å²) in [5.74, 6) is 1.11. The summed E-state index contributed by atoms with van der Waals surface area (Å²) < 4.78 is 28.3. The van der Waals surface area contributed by atoms with Crippen molar-refractivity contribution >= 4 is 27.7 Å². The minimum absolute atomic E-state index is 0.115. The molecule has 2 rings (SSSR count). The molecule has 0 aliphatic carbocycles. The smallest absolute Gasteiger partial charge is 0.263 e. The highest BCUT2D eigenvalue weighted by Crippen LogP contribution is 2.22. The zero-order chi connectivity index (χ0) is 15.5. The fourth-order valence-electron chi connectivity index (χ4n) is 2.14. The molecule has 1 aliphatic heterocycles. The van der Waals surface area contributed by atoms with E-state index in [0.29, 0.717) is 19.6 Å². The van der Waals surface area contributed by atoms with Crippen molar-refractivity contribution in [3.8, 4) is 0 Å². The second-order valence-corrected chi connectivity index (χ2v) is 7.78. The van der Waals surface area contributed by atoms with Crippen molar-refractivity contribution in [2.75, 3.05) is 31.6 Å². The number of sulfonamides is 1. The van der Waals surface area contributed by atoms with Gasteiger partial charge in [-0.15, -0.1) is 0 Å². The average molecular weight is 332 g/mol. The van der Waals surface area contributed by atoms with Crippen molar-refractivity contribution in [1.29, 1.82) is 0 Å². The highest BCUT2D eigenvalue weighted by Gasteiger charge is 2.33. The summed E-state index contributed by atoms with van der Waals surface area (Å²) in [6.45, 7) is 3.47. The van der Waals surface area contributed by atoms with E-state index in [1.807, 2.05) is 6.92 Å². The van der Waals surface area contributed by atoms with Gasteiger partial charge in [-0.3, -0.25) is 9.48 Å². The Hall–Kier alpha value is -1.06. The first-order valence-corrected chi connectivity index (χ1v) is 9.47. The van der Waals surface area contributed by atoms with Crippen molar-refractivity contribution < 1.29 is 13.2 Å². The monoisotopic (exact) mass is 332 g/mol. The van der Waals surface area contributed by atoms with Crippen molar-refractivity contribution in [3.63, 3.8) is 0 Å². The third-order valence-corrected chi connectivity index (χ3v) is 5.98. The second kappa shape index (κ2) is 6.80. The molecule has 1 saturated heterocycles. The molecule has 21 heavy (non-hydrogen) atoms. The van der Waals surface area contributed by atoms with Crippen LogP contribution < -0.4 is 5.32 Å². The van der Waals surface area contributed by atoms with Gasteiger partial charge >= 0.3 is 0 Å². The Morgan fingerprint density at radius 2 is 2.10 bits per heavy atom. The predicted octanol–water partition coefficient (Wildman–Crippen LogP) is 0.390. The van der Waals surface area contributed by atoms with Gasteiger partial charge in [-0.1, -0.05) is 6.92 Å². The quantitative estimate of drug-likeness (QED) is 0.843. The summed E-state index contributed by atoms with van der Waals surface area (Å²) in [6.07, 6.45) is 2.32. The summed E-state index contributed by atoms with van der Waals surface area (Å²) in [4.78, 5) is 11.9. The molecular weight excluding hydrogens is 312 g/mol. The SMILES string of the molecule is CCCn1cc(C(=O)NC)c(S(=O)(=O)N2CCSCC2)n1. The average Bonchev–Trinajstić information content (AvgIpc) is 2.92. The van der Waals surface area contributed by atoms with Crippen LogP contribution in [0.2, 0.25) is 0 Å². The number of rotatable bonds is 5. The van der Waals surface area contributed by atoms with Crippen LogP contribution in [0.25, 0.3) is 0 Å². The third kappa shape index (κ3) is 3.41. The molecule has 118 valence electrons. The topological polar surface area (TPSA) is 84.3 Å². The normalized spacial score (nSPS) is 16.9. The Morgan fingerprint density at radius 1 is 1.43 bits per heavy atom. The molecule has 0 saturated carbocycles. The highest BCUT2D eigenvalue weighted by atomic mass is 32.2. The van der Waals surface area contributed by atoms with E-state index in [1.54, 1.807) is 11.8 Å². The number of carbonyl (C=O) groups is 1. The van der Waals surface area contributed by atoms with E-state index in [0.717, 1.165) is 17.9 Å². The van der Waals surface area contributed by atoms with Gasteiger partial charge in [-0.2, -0.15) is 21.2 Å². The molecule has 1 aromatic rings. The maximum Gasteiger partial charge on any atom is 0.263 e. The third-order valence-electron chi connectivity index (χ3n) is 3.21. The van der Waals surface area contributed by atoms with Gasteiger partial charge in [0.1, 0.15) is 0 Å². The van der Waals surface area contributed by atoms with Gasteiger partial charge in [0.2, 0.25) is 5.03 Å². The Morgan fingerprint density at radius 3 is 2.67 bits per heavy atom. The molecule has 1 fully saturated rings. The van der Waals surface area contributed by atoms with E-state index in [4.69, 9.17) is 0 Å². The van der Waals surface area contributed by atoms with Gasteiger partial charge < -0.3 is 5.32 Å². The molecule has 7 nitrogen and oxygen atoms in total. The maximum atomic E-state index is 12.7. The van der Waals surface area contributed by atoms with E-state index < -0.39 is 15.9 Å². The molecule has 0 atom stereocenters. The van der Waals surface area contributed by atoms with E-state index in [9.17, 15) is 13.2 Å². The molecule has 1 amide bonds. The van der Waals surface area contributed by atoms with Crippen molar-refractivity contribution in [2.45, 2.75) is 24.9 Å². The number of hydrogen-bond acceptors (Lipinski definition) is 5. The fourth-order valence-corrected chi connectivity index (χ4v) is 4.81. The lowest BCUT2D eigenvalue weighted by atomic mass is 10.3. The lowest BCUT2D eigenvalue weighted by Crippen LogP contribution is -2.39. The van der Waals surface area contributed by atoms with Crippen LogP contribution in [0.15, 0.2) is 11.2 Å². The van der Waals surface area contributed by atoms with Crippen LogP contribution in [0, 0.1) is 0 Å². The van der Waals surface area contributed by atoms with Crippen molar-refractivity contribution in [3.05, 3.63) is 11.8 Å². The van der Waals surface area contributed by atoms with Gasteiger partial charge in [-0.05, 0) is 6.42 Å². The molecule has 9 heteroatoms. The minimum Gasteiger partial charge on any atom is -0.355 e. The van der Waals surface area contributed by atoms with Crippen LogP contribution >= 0.6 is 11.8 Å². The van der Waals surface area contributed by atoms with Crippen LogP contribution in [0.3, 0.4) is 0 Å². The highest BCUT2D eigenvalue weighted by molar-refractivity contribution is 7.99. The van der Waals surface area contributed by atoms with E-state index in [2.05, 4.69) is 10.4 Å². The van der Waals surface area contributed by atoms with Crippen LogP contribution in [0.5, 0.6) is 0 Å². The summed E-state index contributed by atoms with van der Waals surface area (Å²) in [5.41, 5.74) is 0.115. The lowest BCUT2D eigenvalue weighted by molar-refractivity contribution is 0.0959. The zero-order valence-corrected chi connectivity index (χ0v) is 13.8. The standard InChI is InChI=1S/C12H20N4O3S2/c1-3-4-15-9-10(11(17)13-2)12(14-15)21(18,19)16-5-7-20-8-6-16/h9H,3-8H2,1-2H3,(H,13,17). The molecule has 0 aromatic carbocycles. The molecule has 0 bridgehead atoms. The van der Waals surface area contributed by atoms with E-state index >= 15 is 0 Å². The summed E-state index contributed by atoms with van der Waals surface area (Å²) >= 11 is 1.73. The van der Waals surface area contributed by atoms with Gasteiger partial charge in [-0.25, -0.2) is 8.42 Å². The van der Waals surface area contributed by atoms with Gasteiger partial charge in [0.15, 0.2) is 0 Å². The maximum absolute atomic E-state index is 12.7. The second-order valence-electron chi connectivity index (χ2n) is 4.71. The first-order chi connectivity index (χ1) is 10.0. The van der Waals surface area contributed by atoms with Gasteiger partial charge in [0, 0.05) is 44.4 Å². The molecule has 1 aliphatic rings. The van der Waals surface area contributed by atoms with E-state index in [1.165, 1.54) is 22.2 Å². The van der Waals surface area contributed by atoms with Crippen molar-refractivity contribution in [1.82, 2.24) is 19.4 Å². The summed E-state index contributed by atoms with van der Waals surface area (Å²) in [5, 5.41) is 6.47. The number of nitrogens with one attached hydrogen (secondary N) is 1. The Labute approximate surface area is 129 Å². The van der Waals surface area contributed by atoms with Crippen molar-refractivity contribution in [2.24, 2.45) is 0 Å². The minimum atomic E-state index is -3.72. The first kappa shape index (κ1) is 16.3. The van der Waals surface area contributed by atoms with Crippen LogP contribution in [-0.2, 0) is 16.6 Å². The zero-order valence-electron chi connectivity index (χ0n) is 12.2. The molecular formula is C12H20N4O3S2. The van der Waals surface area contributed by atoms with Crippen LogP contribution in [-0.4, -0.2) is 60.1 Å². The number of aryl methyl sites for hydroxylation is 1. The molecule has 2 heterocycles. The molecule has 0 radical (unpaired) electrons. The fraction of sp³-hybridized carbons (Fsp3) is 0.667. The van der Waals surface area contributed by atoms with E-state index in [-0.39, 0.29) is 10.6 Å². The van der Waals surface area contributed by atoms with Crippen LogP contribution in [0.1, 0.15) is 23.7 Å².